The van der Waals surface area contributed by atoms with Crippen LogP contribution in [0.1, 0.15) is 24.4 Å². The fourth-order valence-corrected chi connectivity index (χ4v) is 2.67. The number of hydrogen-bond donors (Lipinski definition) is 2. The lowest BCUT2D eigenvalue weighted by molar-refractivity contribution is 0.495. The molecule has 0 spiro atoms. The zero-order valence-corrected chi connectivity index (χ0v) is 11.4. The van der Waals surface area contributed by atoms with Crippen LogP contribution in [-0.4, -0.2) is 0 Å². The predicted octanol–water partition coefficient (Wildman–Crippen LogP) is 2.97. The lowest BCUT2D eigenvalue weighted by Gasteiger charge is -2.17. The molecular formula is C10H12BrIN2. The van der Waals surface area contributed by atoms with Crippen LogP contribution < -0.4 is 11.3 Å². The maximum atomic E-state index is 5.59. The molecule has 4 heteroatoms. The molecule has 0 radical (unpaired) electrons. The van der Waals surface area contributed by atoms with E-state index in [1.54, 1.807) is 0 Å². The van der Waals surface area contributed by atoms with E-state index < -0.39 is 0 Å². The zero-order valence-electron chi connectivity index (χ0n) is 7.63. The quantitative estimate of drug-likeness (QED) is 0.490. The van der Waals surface area contributed by atoms with Gasteiger partial charge in [0.1, 0.15) is 0 Å². The van der Waals surface area contributed by atoms with E-state index in [2.05, 4.69) is 62.1 Å². The minimum atomic E-state index is 0.305. The van der Waals surface area contributed by atoms with E-state index in [1.165, 1.54) is 22.0 Å². The van der Waals surface area contributed by atoms with Crippen LogP contribution in [0.4, 0.5) is 0 Å². The molecule has 76 valence electrons. The molecule has 1 aliphatic carbocycles. The lowest BCUT2D eigenvalue weighted by Crippen LogP contribution is -2.29. The van der Waals surface area contributed by atoms with Crippen molar-refractivity contribution in [3.05, 3.63) is 31.8 Å². The van der Waals surface area contributed by atoms with Crippen LogP contribution in [0.3, 0.4) is 0 Å². The highest BCUT2D eigenvalue weighted by molar-refractivity contribution is 14.1. The molecule has 1 atom stereocenters. The van der Waals surface area contributed by atoms with E-state index in [-0.39, 0.29) is 0 Å². The van der Waals surface area contributed by atoms with Gasteiger partial charge in [-0.25, -0.2) is 0 Å². The average Bonchev–Trinajstić information content (AvgIpc) is 2.96. The number of rotatable bonds is 3. The Bertz CT molecular complexity index is 339. The monoisotopic (exact) mass is 366 g/mol. The molecule has 3 N–H and O–H groups in total. The Hall–Kier alpha value is 0.350. The number of benzene rings is 1. The second-order valence-corrected chi connectivity index (χ2v) is 5.75. The van der Waals surface area contributed by atoms with E-state index in [0.717, 1.165) is 10.4 Å². The first-order valence-electron chi connectivity index (χ1n) is 4.63. The predicted molar refractivity (Wildman–Crippen MR) is 69.6 cm³/mol. The summed E-state index contributed by atoms with van der Waals surface area (Å²) in [4.78, 5) is 0. The molecular weight excluding hydrogens is 355 g/mol. The zero-order chi connectivity index (χ0) is 10.1. The summed E-state index contributed by atoms with van der Waals surface area (Å²) < 4.78 is 2.40. The van der Waals surface area contributed by atoms with Crippen LogP contribution in [-0.2, 0) is 0 Å². The van der Waals surface area contributed by atoms with Gasteiger partial charge in [0.25, 0.3) is 0 Å². The van der Waals surface area contributed by atoms with Crippen molar-refractivity contribution in [1.29, 1.82) is 0 Å². The second-order valence-electron chi connectivity index (χ2n) is 3.65. The van der Waals surface area contributed by atoms with Crippen molar-refractivity contribution in [1.82, 2.24) is 5.43 Å². The fraction of sp³-hybridized carbons (Fsp3) is 0.400. The van der Waals surface area contributed by atoms with Gasteiger partial charge in [0, 0.05) is 14.1 Å². The molecule has 0 aromatic heterocycles. The third-order valence-electron chi connectivity index (χ3n) is 2.57. The van der Waals surface area contributed by atoms with Gasteiger partial charge in [-0.3, -0.25) is 11.3 Å². The highest BCUT2D eigenvalue weighted by Gasteiger charge is 2.32. The Balaban J connectivity index is 2.32. The fourth-order valence-electron chi connectivity index (χ4n) is 1.66. The summed E-state index contributed by atoms with van der Waals surface area (Å²) in [5, 5.41) is 0. The van der Waals surface area contributed by atoms with Gasteiger partial charge >= 0.3 is 0 Å². The number of halogens is 2. The molecule has 2 rings (SSSR count). The Kier molecular flexibility index (Phi) is 3.46. The molecule has 0 saturated heterocycles. The Morgan fingerprint density at radius 2 is 2.21 bits per heavy atom. The molecule has 0 heterocycles. The third kappa shape index (κ3) is 2.29. The van der Waals surface area contributed by atoms with Crippen molar-refractivity contribution in [2.45, 2.75) is 18.9 Å². The van der Waals surface area contributed by atoms with Crippen LogP contribution in [0.5, 0.6) is 0 Å². The van der Waals surface area contributed by atoms with Crippen LogP contribution in [0.25, 0.3) is 0 Å². The summed E-state index contributed by atoms with van der Waals surface area (Å²) >= 11 is 5.90. The Morgan fingerprint density at radius 3 is 2.79 bits per heavy atom. The number of nitrogens with two attached hydrogens (primary N) is 1. The molecule has 0 bridgehead atoms. The minimum Gasteiger partial charge on any atom is -0.271 e. The summed E-state index contributed by atoms with van der Waals surface area (Å²) in [6, 6.07) is 6.67. The second kappa shape index (κ2) is 4.47. The first-order chi connectivity index (χ1) is 6.72. The van der Waals surface area contributed by atoms with Crippen molar-refractivity contribution < 1.29 is 0 Å². The average molecular weight is 367 g/mol. The summed E-state index contributed by atoms with van der Waals surface area (Å²) in [6.45, 7) is 0. The molecule has 1 fully saturated rings. The number of hydrogen-bond acceptors (Lipinski definition) is 2. The normalized spacial score (nSPS) is 18.2. The summed E-state index contributed by atoms with van der Waals surface area (Å²) in [5.41, 5.74) is 4.19. The van der Waals surface area contributed by atoms with E-state index in [9.17, 15) is 0 Å². The molecule has 0 amide bonds. The highest BCUT2D eigenvalue weighted by atomic mass is 127. The van der Waals surface area contributed by atoms with Crippen molar-refractivity contribution in [2.24, 2.45) is 11.8 Å². The van der Waals surface area contributed by atoms with E-state index in [4.69, 9.17) is 5.84 Å². The van der Waals surface area contributed by atoms with Crippen LogP contribution in [0.15, 0.2) is 22.7 Å². The highest BCUT2D eigenvalue weighted by Crippen LogP contribution is 2.42. The van der Waals surface area contributed by atoms with Crippen LogP contribution in [0.2, 0.25) is 0 Å². The van der Waals surface area contributed by atoms with Crippen molar-refractivity contribution >= 4 is 38.5 Å². The Labute approximate surface area is 106 Å². The maximum Gasteiger partial charge on any atom is 0.0499 e. The number of hydrazine groups is 1. The molecule has 1 unspecified atom stereocenters. The molecule has 1 aromatic carbocycles. The largest absolute Gasteiger partial charge is 0.271 e. The van der Waals surface area contributed by atoms with Gasteiger partial charge in [0.05, 0.1) is 0 Å². The molecule has 1 aromatic rings. The topological polar surface area (TPSA) is 38.0 Å². The molecule has 1 saturated carbocycles. The third-order valence-corrected chi connectivity index (χ3v) is 3.96. The van der Waals surface area contributed by atoms with Gasteiger partial charge < -0.3 is 0 Å². The number of nitrogens with one attached hydrogen (secondary N) is 1. The summed E-state index contributed by atoms with van der Waals surface area (Å²) in [7, 11) is 0. The first-order valence-corrected chi connectivity index (χ1v) is 6.50. The molecule has 2 nitrogen and oxygen atoms in total. The van der Waals surface area contributed by atoms with Crippen molar-refractivity contribution in [3.63, 3.8) is 0 Å². The van der Waals surface area contributed by atoms with E-state index >= 15 is 0 Å². The first kappa shape index (κ1) is 10.9. The van der Waals surface area contributed by atoms with Crippen LogP contribution >= 0.6 is 38.5 Å². The van der Waals surface area contributed by atoms with Gasteiger partial charge in [0.15, 0.2) is 0 Å². The SMILES string of the molecule is NNC(c1cc(I)ccc1Br)C1CC1. The summed E-state index contributed by atoms with van der Waals surface area (Å²) in [5.74, 6) is 6.31. The minimum absolute atomic E-state index is 0.305. The standard InChI is InChI=1S/C10H12BrIN2/c11-9-4-3-7(12)5-8(9)10(14-13)6-1-2-6/h3-6,10,14H,1-2,13H2. The van der Waals surface area contributed by atoms with Gasteiger partial charge in [0.2, 0.25) is 0 Å². The summed E-state index contributed by atoms with van der Waals surface area (Å²) in [6.07, 6.45) is 2.57. The van der Waals surface area contributed by atoms with Crippen molar-refractivity contribution in [3.8, 4) is 0 Å². The van der Waals surface area contributed by atoms with Gasteiger partial charge in [-0.15, -0.1) is 0 Å². The van der Waals surface area contributed by atoms with Gasteiger partial charge in [-0.1, -0.05) is 15.9 Å². The molecule has 1 aliphatic rings. The Morgan fingerprint density at radius 1 is 1.50 bits per heavy atom. The van der Waals surface area contributed by atoms with E-state index in [0.29, 0.717) is 6.04 Å². The smallest absolute Gasteiger partial charge is 0.0499 e. The maximum absolute atomic E-state index is 5.59. The molecule has 14 heavy (non-hydrogen) atoms. The van der Waals surface area contributed by atoms with Gasteiger partial charge in [-0.2, -0.15) is 0 Å². The molecule has 0 aliphatic heterocycles. The van der Waals surface area contributed by atoms with Crippen LogP contribution in [0, 0.1) is 9.49 Å². The van der Waals surface area contributed by atoms with E-state index in [1.807, 2.05) is 0 Å². The van der Waals surface area contributed by atoms with Gasteiger partial charge in [-0.05, 0) is 65.1 Å². The lowest BCUT2D eigenvalue weighted by atomic mass is 10.0. The van der Waals surface area contributed by atoms with Crippen molar-refractivity contribution in [2.75, 3.05) is 0 Å².